The van der Waals surface area contributed by atoms with E-state index < -0.39 is 20.8 Å². The summed E-state index contributed by atoms with van der Waals surface area (Å²) in [6.07, 6.45) is 1.75. The molecule has 2 aromatic carbocycles. The van der Waals surface area contributed by atoms with Crippen molar-refractivity contribution in [2.24, 2.45) is 4.99 Å². The fraction of sp³-hybridized carbons (Fsp3) is 0.316. The third kappa shape index (κ3) is 6.02. The molecule has 0 aromatic heterocycles. The Balaban J connectivity index is 0.000000891. The second-order valence-electron chi connectivity index (χ2n) is 6.56. The first-order valence-corrected chi connectivity index (χ1v) is 13.9. The summed E-state index contributed by atoms with van der Waals surface area (Å²) in [7, 11) is 9.87. The van der Waals surface area contributed by atoms with Gasteiger partial charge >= 0.3 is 37.9 Å². The topological polar surface area (TPSA) is 32.6 Å². The van der Waals surface area contributed by atoms with Gasteiger partial charge in [-0.3, -0.25) is 4.99 Å². The monoisotopic (exact) mass is 441 g/mol. The van der Waals surface area contributed by atoms with Gasteiger partial charge in [-0.15, -0.1) is 0 Å². The van der Waals surface area contributed by atoms with Crippen LogP contribution >= 0.6 is 17.0 Å². The summed E-state index contributed by atoms with van der Waals surface area (Å²) < 4.78 is 0. The molecule has 0 spiro atoms. The van der Waals surface area contributed by atoms with E-state index in [1.807, 2.05) is 50.2 Å². The van der Waals surface area contributed by atoms with E-state index in [9.17, 15) is 5.11 Å². The molecule has 0 aliphatic rings. The van der Waals surface area contributed by atoms with Crippen molar-refractivity contribution in [1.82, 2.24) is 0 Å². The molecule has 2 rings (SSSR count). The summed E-state index contributed by atoms with van der Waals surface area (Å²) in [4.78, 5) is 4.57. The molecule has 5 heteroatoms. The van der Waals surface area contributed by atoms with Crippen LogP contribution in [0.1, 0.15) is 43.0 Å². The average Bonchev–Trinajstić information content (AvgIpc) is 2.48. The third-order valence-electron chi connectivity index (χ3n) is 3.65. The van der Waals surface area contributed by atoms with Gasteiger partial charge in [0.05, 0.1) is 5.69 Å². The van der Waals surface area contributed by atoms with E-state index in [1.165, 1.54) is 0 Å². The Labute approximate surface area is 163 Å². The molecule has 0 heterocycles. The molecule has 0 fully saturated rings. The van der Waals surface area contributed by atoms with Gasteiger partial charge in [0, 0.05) is 11.8 Å². The predicted molar refractivity (Wildman–Crippen MR) is 102 cm³/mol. The van der Waals surface area contributed by atoms with Crippen molar-refractivity contribution in [3.05, 3.63) is 58.7 Å². The maximum atomic E-state index is 10.4. The number of phenols is 1. The van der Waals surface area contributed by atoms with Crippen molar-refractivity contribution in [2.45, 2.75) is 40.0 Å². The SMILES string of the molecule is Cc1cccc(C)c1N=Cc1cccc(C(C)(C)C)c1O.[Cl][Zr][Cl]. The number of aromatic hydroxyl groups is 1. The van der Waals surface area contributed by atoms with Crippen LogP contribution in [0.5, 0.6) is 5.75 Å². The van der Waals surface area contributed by atoms with Gasteiger partial charge in [0.15, 0.2) is 0 Å². The predicted octanol–water partition coefficient (Wildman–Crippen LogP) is 6.43. The Morgan fingerprint density at radius 3 is 2.00 bits per heavy atom. The van der Waals surface area contributed by atoms with E-state index >= 15 is 0 Å². The normalized spacial score (nSPS) is 11.1. The van der Waals surface area contributed by atoms with Gasteiger partial charge in [-0.25, -0.2) is 0 Å². The van der Waals surface area contributed by atoms with E-state index in [1.54, 1.807) is 6.21 Å². The van der Waals surface area contributed by atoms with E-state index in [2.05, 4.69) is 25.8 Å². The van der Waals surface area contributed by atoms with Crippen LogP contribution in [-0.4, -0.2) is 11.3 Å². The summed E-state index contributed by atoms with van der Waals surface area (Å²) in [5.41, 5.74) is 4.85. The Kier molecular flexibility index (Phi) is 8.70. The Hall–Kier alpha value is -0.627. The summed E-state index contributed by atoms with van der Waals surface area (Å²) in [6, 6.07) is 11.9. The van der Waals surface area contributed by atoms with Crippen LogP contribution in [0.2, 0.25) is 0 Å². The van der Waals surface area contributed by atoms with Crippen LogP contribution < -0.4 is 0 Å². The van der Waals surface area contributed by atoms with Crippen molar-refractivity contribution >= 4 is 28.9 Å². The second-order valence-corrected chi connectivity index (χ2v) is 10.3. The second kappa shape index (κ2) is 9.75. The van der Waals surface area contributed by atoms with Gasteiger partial charge in [-0.05, 0) is 42.0 Å². The van der Waals surface area contributed by atoms with Crippen molar-refractivity contribution < 1.29 is 26.0 Å². The standard InChI is InChI=1S/C19H23NO.2ClH.Zr/c1-13-8-6-9-14(2)17(13)20-12-15-10-7-11-16(18(15)21)19(3,4)5;;;/h6-12,21H,1-5H3;2*1H;/q;;;+2/p-2. The first kappa shape index (κ1) is 21.4. The van der Waals surface area contributed by atoms with E-state index in [0.717, 1.165) is 27.9 Å². The molecule has 24 heavy (non-hydrogen) atoms. The number of aryl methyl sites for hydroxylation is 2. The van der Waals surface area contributed by atoms with Crippen LogP contribution in [0, 0.1) is 13.8 Å². The average molecular weight is 444 g/mol. The minimum absolute atomic E-state index is 0.0908. The number of halogens is 2. The molecule has 0 saturated carbocycles. The number of aliphatic imine (C=N–C) groups is 1. The molecule has 0 aliphatic heterocycles. The van der Waals surface area contributed by atoms with Gasteiger partial charge in [0.2, 0.25) is 0 Å². The number of hydrogen-bond donors (Lipinski definition) is 1. The molecule has 0 atom stereocenters. The van der Waals surface area contributed by atoms with Crippen molar-refractivity contribution in [1.29, 1.82) is 0 Å². The quantitative estimate of drug-likeness (QED) is 0.533. The van der Waals surface area contributed by atoms with Crippen molar-refractivity contribution in [2.75, 3.05) is 0 Å². The molecule has 0 radical (unpaired) electrons. The van der Waals surface area contributed by atoms with Crippen LogP contribution in [0.15, 0.2) is 41.4 Å². The van der Waals surface area contributed by atoms with Crippen LogP contribution in [0.3, 0.4) is 0 Å². The summed E-state index contributed by atoms with van der Waals surface area (Å²) in [5.74, 6) is 0.319. The van der Waals surface area contributed by atoms with Crippen LogP contribution in [-0.2, 0) is 26.3 Å². The molecular formula is C19H23Cl2NOZr. The molecule has 2 nitrogen and oxygen atoms in total. The number of phenolic OH excluding ortho intramolecular Hbond substituents is 1. The summed E-state index contributed by atoms with van der Waals surface area (Å²) >= 11 is -0.826. The molecule has 0 unspecified atom stereocenters. The number of nitrogens with zero attached hydrogens (tertiary/aromatic N) is 1. The van der Waals surface area contributed by atoms with Crippen LogP contribution in [0.4, 0.5) is 5.69 Å². The summed E-state index contributed by atoms with van der Waals surface area (Å²) in [5, 5.41) is 10.4. The van der Waals surface area contributed by atoms with Gasteiger partial charge < -0.3 is 5.11 Å². The molecule has 2 aromatic rings. The fourth-order valence-electron chi connectivity index (χ4n) is 2.41. The first-order valence-electron chi connectivity index (χ1n) is 7.61. The van der Waals surface area contributed by atoms with E-state index in [4.69, 9.17) is 17.0 Å². The molecule has 0 amide bonds. The molecule has 1 N–H and O–H groups in total. The molecular weight excluding hydrogens is 420 g/mol. The molecule has 128 valence electrons. The zero-order valence-corrected chi connectivity index (χ0v) is 18.7. The minimum atomic E-state index is -0.826. The summed E-state index contributed by atoms with van der Waals surface area (Å²) in [6.45, 7) is 10.4. The molecule has 0 aliphatic carbocycles. The number of rotatable bonds is 2. The van der Waals surface area contributed by atoms with Crippen LogP contribution in [0.25, 0.3) is 0 Å². The van der Waals surface area contributed by atoms with Gasteiger partial charge in [0.1, 0.15) is 5.75 Å². The van der Waals surface area contributed by atoms with E-state index in [-0.39, 0.29) is 5.41 Å². The Bertz CT molecular complexity index is 689. The molecule has 0 bridgehead atoms. The fourth-order valence-corrected chi connectivity index (χ4v) is 2.41. The third-order valence-corrected chi connectivity index (χ3v) is 3.65. The first-order chi connectivity index (χ1) is 11.2. The zero-order chi connectivity index (χ0) is 18.3. The number of para-hydroxylation sites is 2. The van der Waals surface area contributed by atoms with Crippen molar-refractivity contribution in [3.8, 4) is 5.75 Å². The number of benzene rings is 2. The maximum absolute atomic E-state index is 10.4. The zero-order valence-electron chi connectivity index (χ0n) is 14.7. The molecule has 0 saturated heterocycles. The van der Waals surface area contributed by atoms with E-state index in [0.29, 0.717) is 5.75 Å². The van der Waals surface area contributed by atoms with Gasteiger partial charge in [0.25, 0.3) is 0 Å². The van der Waals surface area contributed by atoms with Crippen molar-refractivity contribution in [3.63, 3.8) is 0 Å². The Morgan fingerprint density at radius 1 is 1.00 bits per heavy atom. The Morgan fingerprint density at radius 2 is 1.50 bits per heavy atom. The van der Waals surface area contributed by atoms with Gasteiger partial charge in [-0.1, -0.05) is 51.1 Å². The number of hydrogen-bond acceptors (Lipinski definition) is 2. The van der Waals surface area contributed by atoms with Gasteiger partial charge in [-0.2, -0.15) is 0 Å².